The Hall–Kier alpha value is -3.94. The number of benzene rings is 1. The standard InChI is InChI=1S/C23H17N5O2/c1-28(29)21-7-3-2-5-19(21)20-11-16(12-27-22(20)28)8-10-30-23-18(6-4-9-26-23)17-13-24-15-25-14-17/h2-15H,1H3/b10-8+. The van der Waals surface area contributed by atoms with E-state index in [0.29, 0.717) is 17.4 Å². The number of rotatable bonds is 4. The molecular formula is C23H17N5O2. The monoisotopic (exact) mass is 395 g/mol. The maximum atomic E-state index is 13.0. The molecule has 0 fully saturated rings. The molecule has 0 radical (unpaired) electrons. The number of fused-ring (bicyclic) bond motifs is 3. The fraction of sp³-hybridized carbons (Fsp3) is 0.0435. The molecule has 1 unspecified atom stereocenters. The lowest BCUT2D eigenvalue weighted by Crippen LogP contribution is -2.30. The summed E-state index contributed by atoms with van der Waals surface area (Å²) >= 11 is 0. The Bertz CT molecular complexity index is 1260. The van der Waals surface area contributed by atoms with Gasteiger partial charge in [-0.1, -0.05) is 12.1 Å². The molecule has 4 aromatic rings. The van der Waals surface area contributed by atoms with Gasteiger partial charge in [0.15, 0.2) is 0 Å². The Kier molecular flexibility index (Phi) is 4.31. The van der Waals surface area contributed by atoms with E-state index in [4.69, 9.17) is 4.74 Å². The van der Waals surface area contributed by atoms with Crippen LogP contribution in [0.25, 0.3) is 28.3 Å². The van der Waals surface area contributed by atoms with Crippen LogP contribution in [0.5, 0.6) is 5.88 Å². The van der Waals surface area contributed by atoms with E-state index >= 15 is 0 Å². The molecule has 7 nitrogen and oxygen atoms in total. The molecule has 1 atom stereocenters. The van der Waals surface area contributed by atoms with E-state index in [1.165, 1.54) is 6.33 Å². The van der Waals surface area contributed by atoms with Gasteiger partial charge in [-0.05, 0) is 35.9 Å². The van der Waals surface area contributed by atoms with Gasteiger partial charge in [-0.25, -0.2) is 19.9 Å². The van der Waals surface area contributed by atoms with E-state index in [0.717, 1.165) is 27.8 Å². The van der Waals surface area contributed by atoms with Gasteiger partial charge in [0, 0.05) is 42.0 Å². The normalized spacial score (nSPS) is 17.0. The number of ether oxygens (including phenoxy) is 1. The van der Waals surface area contributed by atoms with Crippen LogP contribution in [0.4, 0.5) is 11.5 Å². The highest BCUT2D eigenvalue weighted by molar-refractivity contribution is 5.93. The lowest BCUT2D eigenvalue weighted by atomic mass is 10.1. The first-order chi connectivity index (χ1) is 14.6. The van der Waals surface area contributed by atoms with Gasteiger partial charge in [0.1, 0.15) is 12.0 Å². The molecule has 0 saturated heterocycles. The number of aromatic nitrogens is 4. The summed E-state index contributed by atoms with van der Waals surface area (Å²) in [5.41, 5.74) is 4.88. The minimum absolute atomic E-state index is 0.451. The van der Waals surface area contributed by atoms with E-state index in [1.54, 1.807) is 44.2 Å². The zero-order valence-electron chi connectivity index (χ0n) is 16.1. The van der Waals surface area contributed by atoms with Crippen molar-refractivity contribution in [3.05, 3.63) is 90.6 Å². The van der Waals surface area contributed by atoms with Crippen molar-refractivity contribution in [1.82, 2.24) is 24.6 Å². The molecule has 0 bridgehead atoms. The third kappa shape index (κ3) is 3.02. The third-order valence-corrected chi connectivity index (χ3v) is 5.03. The first-order valence-corrected chi connectivity index (χ1v) is 9.36. The first-order valence-electron chi connectivity index (χ1n) is 9.36. The highest BCUT2D eigenvalue weighted by atomic mass is 16.5. The van der Waals surface area contributed by atoms with Crippen LogP contribution in [0.2, 0.25) is 0 Å². The van der Waals surface area contributed by atoms with Crippen LogP contribution in [0, 0.1) is 5.21 Å². The second kappa shape index (κ2) is 7.14. The highest BCUT2D eigenvalue weighted by Crippen LogP contribution is 2.49. The number of hydrogen-bond donors (Lipinski definition) is 0. The molecule has 0 N–H and O–H groups in total. The zero-order chi connectivity index (χ0) is 20.6. The number of para-hydroxylation sites is 1. The fourth-order valence-corrected chi connectivity index (χ4v) is 3.61. The Balaban J connectivity index is 1.43. The number of pyridine rings is 2. The average Bonchev–Trinajstić information content (AvgIpc) is 3.02. The van der Waals surface area contributed by atoms with Crippen molar-refractivity contribution < 1.29 is 4.74 Å². The summed E-state index contributed by atoms with van der Waals surface area (Å²) in [6.07, 6.45) is 11.6. The van der Waals surface area contributed by atoms with Gasteiger partial charge in [-0.3, -0.25) is 4.65 Å². The maximum absolute atomic E-state index is 13.0. The van der Waals surface area contributed by atoms with E-state index < -0.39 is 4.65 Å². The molecule has 1 aliphatic rings. The molecule has 0 spiro atoms. The highest BCUT2D eigenvalue weighted by Gasteiger charge is 2.35. The molecule has 7 heteroatoms. The lowest BCUT2D eigenvalue weighted by Gasteiger charge is -2.32. The Morgan fingerprint density at radius 2 is 1.73 bits per heavy atom. The molecule has 0 aliphatic carbocycles. The molecular weight excluding hydrogens is 378 g/mol. The minimum Gasteiger partial charge on any atom is -0.621 e. The summed E-state index contributed by atoms with van der Waals surface area (Å²) in [7, 11) is 1.60. The van der Waals surface area contributed by atoms with E-state index in [9.17, 15) is 5.21 Å². The molecule has 0 amide bonds. The summed E-state index contributed by atoms with van der Waals surface area (Å²) in [5, 5.41) is 13.0. The van der Waals surface area contributed by atoms with Crippen molar-refractivity contribution in [2.45, 2.75) is 0 Å². The van der Waals surface area contributed by atoms with E-state index in [-0.39, 0.29) is 0 Å². The Labute approximate surface area is 173 Å². The van der Waals surface area contributed by atoms with Crippen LogP contribution in [-0.4, -0.2) is 27.0 Å². The summed E-state index contributed by atoms with van der Waals surface area (Å²) in [4.78, 5) is 16.8. The van der Waals surface area contributed by atoms with E-state index in [1.807, 2.05) is 42.5 Å². The molecule has 146 valence electrons. The van der Waals surface area contributed by atoms with Crippen LogP contribution in [0.3, 0.4) is 0 Å². The molecule has 0 saturated carbocycles. The van der Waals surface area contributed by atoms with Crippen molar-refractivity contribution in [3.63, 3.8) is 0 Å². The quantitative estimate of drug-likeness (QED) is 0.282. The van der Waals surface area contributed by atoms with Crippen LogP contribution in [0.15, 0.2) is 79.8 Å². The molecule has 1 aromatic carbocycles. The maximum Gasteiger partial charge on any atom is 0.240 e. The van der Waals surface area contributed by atoms with Crippen LogP contribution >= 0.6 is 0 Å². The van der Waals surface area contributed by atoms with Crippen molar-refractivity contribution in [2.24, 2.45) is 0 Å². The summed E-state index contributed by atoms with van der Waals surface area (Å²) < 4.78 is 5.18. The Morgan fingerprint density at radius 1 is 0.933 bits per heavy atom. The van der Waals surface area contributed by atoms with Crippen molar-refractivity contribution in [1.29, 1.82) is 0 Å². The summed E-state index contributed by atoms with van der Waals surface area (Å²) in [5.74, 6) is 0.942. The van der Waals surface area contributed by atoms with Gasteiger partial charge in [0.05, 0.1) is 24.4 Å². The van der Waals surface area contributed by atoms with E-state index in [2.05, 4.69) is 19.9 Å². The van der Waals surface area contributed by atoms with Gasteiger partial charge >= 0.3 is 0 Å². The van der Waals surface area contributed by atoms with Crippen LogP contribution in [-0.2, 0) is 0 Å². The second-order valence-corrected chi connectivity index (χ2v) is 6.99. The van der Waals surface area contributed by atoms with Gasteiger partial charge in [0.25, 0.3) is 0 Å². The van der Waals surface area contributed by atoms with Crippen molar-refractivity contribution in [3.8, 4) is 28.1 Å². The first kappa shape index (κ1) is 18.1. The molecule has 3 aromatic heterocycles. The van der Waals surface area contributed by atoms with Crippen molar-refractivity contribution >= 4 is 17.6 Å². The average molecular weight is 395 g/mol. The molecule has 4 heterocycles. The van der Waals surface area contributed by atoms with Crippen molar-refractivity contribution in [2.75, 3.05) is 7.05 Å². The van der Waals surface area contributed by atoms with Crippen LogP contribution in [0.1, 0.15) is 5.56 Å². The predicted octanol–water partition coefficient (Wildman–Crippen LogP) is 4.73. The Morgan fingerprint density at radius 3 is 2.60 bits per heavy atom. The smallest absolute Gasteiger partial charge is 0.240 e. The number of hydroxylamine groups is 1. The number of nitrogens with zero attached hydrogens (tertiary/aromatic N) is 5. The number of quaternary nitrogens is 1. The molecule has 5 rings (SSSR count). The summed E-state index contributed by atoms with van der Waals surface area (Å²) in [6, 6.07) is 13.3. The molecule has 30 heavy (non-hydrogen) atoms. The largest absolute Gasteiger partial charge is 0.621 e. The van der Waals surface area contributed by atoms with Gasteiger partial charge < -0.3 is 9.94 Å². The summed E-state index contributed by atoms with van der Waals surface area (Å²) in [6.45, 7) is 0. The fourth-order valence-electron chi connectivity index (χ4n) is 3.61. The second-order valence-electron chi connectivity index (χ2n) is 6.99. The van der Waals surface area contributed by atoms with Gasteiger partial charge in [-0.2, -0.15) is 0 Å². The zero-order valence-corrected chi connectivity index (χ0v) is 16.1. The van der Waals surface area contributed by atoms with Gasteiger partial charge in [-0.15, -0.1) is 0 Å². The predicted molar refractivity (Wildman–Crippen MR) is 115 cm³/mol. The SMILES string of the molecule is C[N+]1([O-])c2ccccc2-c2cc(/C=C/Oc3ncccc3-c3cncnc3)cnc21. The number of hydrogen-bond acceptors (Lipinski definition) is 6. The van der Waals surface area contributed by atoms with Crippen LogP contribution < -0.4 is 9.38 Å². The van der Waals surface area contributed by atoms with Gasteiger partial charge in [0.2, 0.25) is 11.7 Å². The molecule has 1 aliphatic heterocycles. The third-order valence-electron chi connectivity index (χ3n) is 5.03. The minimum atomic E-state index is -0.609. The topological polar surface area (TPSA) is 83.9 Å². The lowest BCUT2D eigenvalue weighted by molar-refractivity contribution is 0.467.